The van der Waals surface area contributed by atoms with E-state index in [0.29, 0.717) is 5.56 Å². The van der Waals surface area contributed by atoms with Crippen LogP contribution in [0.25, 0.3) is 0 Å². The lowest BCUT2D eigenvalue weighted by molar-refractivity contribution is 0.549. The summed E-state index contributed by atoms with van der Waals surface area (Å²) in [6, 6.07) is 4.41. The zero-order chi connectivity index (χ0) is 10.9. The van der Waals surface area contributed by atoms with Crippen LogP contribution in [0.1, 0.15) is 25.3 Å². The SMILES string of the molecule is CC(C)c1cc(Br)ccc1S(=O)(=O)F. The van der Waals surface area contributed by atoms with Crippen molar-refractivity contribution < 1.29 is 12.3 Å². The van der Waals surface area contributed by atoms with E-state index in [1.807, 2.05) is 13.8 Å². The molecule has 2 nitrogen and oxygen atoms in total. The summed E-state index contributed by atoms with van der Waals surface area (Å²) in [5.41, 5.74) is 0.488. The molecule has 0 heterocycles. The van der Waals surface area contributed by atoms with Gasteiger partial charge >= 0.3 is 10.2 Å². The predicted molar refractivity (Wildman–Crippen MR) is 56.5 cm³/mol. The average molecular weight is 281 g/mol. The highest BCUT2D eigenvalue weighted by atomic mass is 79.9. The van der Waals surface area contributed by atoms with E-state index in [9.17, 15) is 12.3 Å². The first kappa shape index (κ1) is 11.7. The van der Waals surface area contributed by atoms with Crippen LogP contribution in [0.3, 0.4) is 0 Å². The van der Waals surface area contributed by atoms with Gasteiger partial charge in [0, 0.05) is 4.47 Å². The maximum atomic E-state index is 12.8. The largest absolute Gasteiger partial charge is 0.332 e. The van der Waals surface area contributed by atoms with E-state index in [-0.39, 0.29) is 10.8 Å². The Morgan fingerprint density at radius 1 is 1.36 bits per heavy atom. The van der Waals surface area contributed by atoms with Crippen molar-refractivity contribution in [2.75, 3.05) is 0 Å². The Hall–Kier alpha value is -0.420. The van der Waals surface area contributed by atoms with Crippen LogP contribution in [0.2, 0.25) is 0 Å². The standard InChI is InChI=1S/C9H10BrFO2S/c1-6(2)8-5-7(10)3-4-9(8)14(11,12)13/h3-6H,1-2H3. The Morgan fingerprint density at radius 2 is 1.93 bits per heavy atom. The number of benzene rings is 1. The third-order valence-electron chi connectivity index (χ3n) is 1.86. The molecule has 0 radical (unpaired) electrons. The van der Waals surface area contributed by atoms with Crippen LogP contribution in [-0.4, -0.2) is 8.42 Å². The van der Waals surface area contributed by atoms with Crippen LogP contribution in [0, 0.1) is 0 Å². The molecule has 0 saturated heterocycles. The number of halogens is 2. The summed E-state index contributed by atoms with van der Waals surface area (Å²) in [4.78, 5) is -0.240. The molecule has 0 atom stereocenters. The molecule has 1 aromatic rings. The first-order valence-electron chi connectivity index (χ1n) is 4.06. The summed E-state index contributed by atoms with van der Waals surface area (Å²) in [7, 11) is -4.62. The normalized spacial score (nSPS) is 12.1. The van der Waals surface area contributed by atoms with Crippen molar-refractivity contribution in [3.05, 3.63) is 28.2 Å². The molecule has 0 aliphatic rings. The van der Waals surface area contributed by atoms with E-state index in [1.165, 1.54) is 12.1 Å². The van der Waals surface area contributed by atoms with Crippen molar-refractivity contribution in [2.45, 2.75) is 24.7 Å². The van der Waals surface area contributed by atoms with Gasteiger partial charge in [0.15, 0.2) is 0 Å². The van der Waals surface area contributed by atoms with Crippen LogP contribution in [-0.2, 0) is 10.2 Å². The third-order valence-corrected chi connectivity index (χ3v) is 3.25. The van der Waals surface area contributed by atoms with Crippen LogP contribution in [0.15, 0.2) is 27.6 Å². The summed E-state index contributed by atoms with van der Waals surface area (Å²) < 4.78 is 35.1. The van der Waals surface area contributed by atoms with E-state index in [4.69, 9.17) is 0 Å². The number of hydrogen-bond donors (Lipinski definition) is 0. The fourth-order valence-corrected chi connectivity index (χ4v) is 2.38. The highest BCUT2D eigenvalue weighted by Gasteiger charge is 2.18. The van der Waals surface area contributed by atoms with E-state index in [2.05, 4.69) is 15.9 Å². The molecule has 0 fully saturated rings. The van der Waals surface area contributed by atoms with Crippen LogP contribution in [0.5, 0.6) is 0 Å². The smallest absolute Gasteiger partial charge is 0.189 e. The topological polar surface area (TPSA) is 34.1 Å². The third kappa shape index (κ3) is 2.54. The summed E-state index contributed by atoms with van der Waals surface area (Å²) in [5.74, 6) is -0.0342. The van der Waals surface area contributed by atoms with Gasteiger partial charge in [-0.1, -0.05) is 29.8 Å². The monoisotopic (exact) mass is 280 g/mol. The first-order chi connectivity index (χ1) is 6.32. The molecule has 14 heavy (non-hydrogen) atoms. The van der Waals surface area contributed by atoms with Gasteiger partial charge in [-0.25, -0.2) is 0 Å². The van der Waals surface area contributed by atoms with Crippen LogP contribution in [0.4, 0.5) is 3.89 Å². The Morgan fingerprint density at radius 3 is 2.36 bits per heavy atom. The van der Waals surface area contributed by atoms with Crippen molar-refractivity contribution in [1.82, 2.24) is 0 Å². The molecule has 0 unspecified atom stereocenters. The first-order valence-corrected chi connectivity index (χ1v) is 6.24. The lowest BCUT2D eigenvalue weighted by atomic mass is 10.0. The Labute approximate surface area is 91.5 Å². The lowest BCUT2D eigenvalue weighted by Gasteiger charge is -2.09. The predicted octanol–water partition coefficient (Wildman–Crippen LogP) is 3.23. The van der Waals surface area contributed by atoms with Crippen LogP contribution >= 0.6 is 15.9 Å². The van der Waals surface area contributed by atoms with Crippen molar-refractivity contribution >= 4 is 26.2 Å². The highest BCUT2D eigenvalue weighted by Crippen LogP contribution is 2.28. The molecule has 78 valence electrons. The molecular formula is C9H10BrFO2S. The van der Waals surface area contributed by atoms with Gasteiger partial charge in [0.25, 0.3) is 0 Å². The van der Waals surface area contributed by atoms with Crippen molar-refractivity contribution in [3.63, 3.8) is 0 Å². The molecule has 0 bridgehead atoms. The molecule has 0 saturated carbocycles. The number of rotatable bonds is 2. The van der Waals surface area contributed by atoms with Gasteiger partial charge in [-0.3, -0.25) is 0 Å². The zero-order valence-corrected chi connectivity index (χ0v) is 10.2. The Kier molecular flexibility index (Phi) is 3.32. The van der Waals surface area contributed by atoms with Gasteiger partial charge in [0.05, 0.1) is 0 Å². The van der Waals surface area contributed by atoms with E-state index < -0.39 is 10.2 Å². The van der Waals surface area contributed by atoms with Gasteiger partial charge in [0.1, 0.15) is 4.90 Å². The maximum Gasteiger partial charge on any atom is 0.332 e. The summed E-state index contributed by atoms with van der Waals surface area (Å²) >= 11 is 3.21. The summed E-state index contributed by atoms with van der Waals surface area (Å²) in [5, 5.41) is 0. The van der Waals surface area contributed by atoms with Gasteiger partial charge in [-0.05, 0) is 29.7 Å². The van der Waals surface area contributed by atoms with Gasteiger partial charge in [-0.2, -0.15) is 8.42 Å². The summed E-state index contributed by atoms with van der Waals surface area (Å²) in [6.45, 7) is 3.63. The lowest BCUT2D eigenvalue weighted by Crippen LogP contribution is -2.00. The van der Waals surface area contributed by atoms with Crippen molar-refractivity contribution in [2.24, 2.45) is 0 Å². The van der Waals surface area contributed by atoms with E-state index in [0.717, 1.165) is 4.47 Å². The molecule has 0 spiro atoms. The number of hydrogen-bond acceptors (Lipinski definition) is 2. The van der Waals surface area contributed by atoms with Gasteiger partial charge in [0.2, 0.25) is 0 Å². The average Bonchev–Trinajstić information content (AvgIpc) is 2.01. The molecule has 0 aliphatic heterocycles. The molecular weight excluding hydrogens is 271 g/mol. The minimum absolute atomic E-state index is 0.0342. The molecule has 1 aromatic carbocycles. The molecule has 0 aliphatic carbocycles. The Balaban J connectivity index is 3.45. The van der Waals surface area contributed by atoms with E-state index in [1.54, 1.807) is 6.07 Å². The molecule has 0 N–H and O–H groups in total. The second kappa shape index (κ2) is 3.98. The quantitative estimate of drug-likeness (QED) is 0.780. The van der Waals surface area contributed by atoms with Crippen molar-refractivity contribution in [3.8, 4) is 0 Å². The van der Waals surface area contributed by atoms with E-state index >= 15 is 0 Å². The van der Waals surface area contributed by atoms with Crippen molar-refractivity contribution in [1.29, 1.82) is 0 Å². The fourth-order valence-electron chi connectivity index (χ4n) is 1.19. The Bertz CT molecular complexity index is 440. The molecule has 0 aromatic heterocycles. The zero-order valence-electron chi connectivity index (χ0n) is 7.79. The second-order valence-corrected chi connectivity index (χ2v) is 5.51. The summed E-state index contributed by atoms with van der Waals surface area (Å²) in [6.07, 6.45) is 0. The maximum absolute atomic E-state index is 12.8. The minimum atomic E-state index is -4.62. The molecule has 5 heteroatoms. The van der Waals surface area contributed by atoms with Gasteiger partial charge < -0.3 is 0 Å². The minimum Gasteiger partial charge on any atom is -0.189 e. The molecule has 1 rings (SSSR count). The second-order valence-electron chi connectivity index (χ2n) is 3.27. The highest BCUT2D eigenvalue weighted by molar-refractivity contribution is 9.10. The van der Waals surface area contributed by atoms with Gasteiger partial charge in [-0.15, -0.1) is 3.89 Å². The fraction of sp³-hybridized carbons (Fsp3) is 0.333. The van der Waals surface area contributed by atoms with Crippen LogP contribution < -0.4 is 0 Å². The molecule has 0 amide bonds.